The van der Waals surface area contributed by atoms with Gasteiger partial charge in [-0.15, -0.1) is 0 Å². The number of hydrogen-bond acceptors (Lipinski definition) is 0. The second kappa shape index (κ2) is 56.0. The fourth-order valence-electron chi connectivity index (χ4n) is 2.52. The lowest BCUT2D eigenvalue weighted by molar-refractivity contribution is 0.626. The molecule has 0 fully saturated rings. The lowest BCUT2D eigenvalue weighted by Gasteiger charge is -1.98. The molecule has 0 aliphatic carbocycles. The highest BCUT2D eigenvalue weighted by Gasteiger charge is 1.93. The van der Waals surface area contributed by atoms with Gasteiger partial charge in [0.25, 0.3) is 0 Å². The molecule has 0 N–H and O–H groups in total. The van der Waals surface area contributed by atoms with Gasteiger partial charge >= 0.3 is 0 Å². The zero-order valence-corrected chi connectivity index (χ0v) is 47.8. The molecule has 0 aliphatic heterocycles. The van der Waals surface area contributed by atoms with Crippen LogP contribution in [0.2, 0.25) is 0 Å². The first-order chi connectivity index (χ1) is 30.1. The van der Waals surface area contributed by atoms with Crippen molar-refractivity contribution in [3.05, 3.63) is 121 Å². The molecular formula is C64H116. The normalized spacial score (nSPS) is 9.62. The van der Waals surface area contributed by atoms with Gasteiger partial charge < -0.3 is 0 Å². The van der Waals surface area contributed by atoms with Gasteiger partial charge in [-0.1, -0.05) is 339 Å². The minimum atomic E-state index is 0.884. The van der Waals surface area contributed by atoms with Crippen LogP contribution in [0.4, 0.5) is 0 Å². The zero-order valence-electron chi connectivity index (χ0n) is 47.8. The number of benzene rings is 4. The molecule has 0 heteroatoms. The van der Waals surface area contributed by atoms with Crippen LogP contribution < -0.4 is 0 Å². The minimum Gasteiger partial charge on any atom is -0.0651 e. The maximum absolute atomic E-state index is 2.22. The predicted octanol–water partition coefficient (Wildman–Crippen LogP) is 23.1. The summed E-state index contributed by atoms with van der Waals surface area (Å²) >= 11 is 0. The molecule has 0 radical (unpaired) electrons. The fourth-order valence-corrected chi connectivity index (χ4v) is 2.52. The smallest absolute Gasteiger partial charge is 0.0184 e. The highest BCUT2D eigenvalue weighted by atomic mass is 14.0. The predicted molar refractivity (Wildman–Crippen MR) is 305 cm³/mol. The first-order valence-electron chi connectivity index (χ1n) is 26.3. The molecule has 0 atom stereocenters. The van der Waals surface area contributed by atoms with Gasteiger partial charge in [-0.05, 0) is 69.6 Å². The van der Waals surface area contributed by atoms with E-state index in [1.54, 1.807) is 0 Å². The van der Waals surface area contributed by atoms with E-state index in [0.29, 0.717) is 0 Å². The summed E-state index contributed by atoms with van der Waals surface area (Å²) in [5.41, 5.74) is 5.10. The lowest BCUT2D eigenvalue weighted by Crippen LogP contribution is -1.77. The molecule has 0 unspecified atom stereocenters. The van der Waals surface area contributed by atoms with Gasteiger partial charge in [-0.25, -0.2) is 0 Å². The third kappa shape index (κ3) is 70.5. The summed E-state index contributed by atoms with van der Waals surface area (Å²) in [4.78, 5) is 0. The van der Waals surface area contributed by atoms with Gasteiger partial charge in [-0.2, -0.15) is 0 Å². The van der Waals surface area contributed by atoms with E-state index in [4.69, 9.17) is 0 Å². The van der Waals surface area contributed by atoms with Gasteiger partial charge in [0.1, 0.15) is 0 Å². The van der Waals surface area contributed by atoms with E-state index in [9.17, 15) is 0 Å². The Morgan fingerprint density at radius 2 is 0.266 bits per heavy atom. The van der Waals surface area contributed by atoms with Gasteiger partial charge in [0.05, 0.1) is 0 Å². The number of rotatable bonds is 10. The van der Waals surface area contributed by atoms with Crippen molar-refractivity contribution in [1.82, 2.24) is 0 Å². The van der Waals surface area contributed by atoms with E-state index in [1.807, 2.05) is 24.3 Å². The van der Waals surface area contributed by atoms with Crippen LogP contribution in [0.3, 0.4) is 0 Å². The van der Waals surface area contributed by atoms with Crippen molar-refractivity contribution in [3.63, 3.8) is 0 Å². The summed E-state index contributed by atoms with van der Waals surface area (Å²) in [6.07, 6.45) is 10.4. The summed E-state index contributed by atoms with van der Waals surface area (Å²) in [5, 5.41) is 0. The first-order valence-corrected chi connectivity index (χ1v) is 26.3. The number of hydrogen-bond donors (Lipinski definition) is 0. The van der Waals surface area contributed by atoms with E-state index in [2.05, 4.69) is 263 Å². The van der Waals surface area contributed by atoms with Crippen LogP contribution in [-0.4, -0.2) is 0 Å². The van der Waals surface area contributed by atoms with Crippen molar-refractivity contribution < 1.29 is 0 Å². The monoisotopic (exact) mass is 885 g/mol. The lowest BCUT2D eigenvalue weighted by atomic mass is 10.1. The maximum Gasteiger partial charge on any atom is -0.0184 e. The maximum atomic E-state index is 2.22. The molecule has 4 aromatic rings. The van der Waals surface area contributed by atoms with E-state index in [-0.39, 0.29) is 0 Å². The van der Waals surface area contributed by atoms with Crippen LogP contribution in [-0.2, 0) is 0 Å². The molecule has 0 heterocycles. The fraction of sp³-hybridized carbons (Fsp3) is 0.625. The summed E-state index contributed by atoms with van der Waals surface area (Å²) in [7, 11) is 0. The quantitative estimate of drug-likeness (QED) is 0.149. The average molecular weight is 886 g/mol. The second-order valence-corrected chi connectivity index (χ2v) is 19.9. The molecule has 0 nitrogen and oxygen atoms in total. The molecule has 0 saturated heterocycles. The largest absolute Gasteiger partial charge is 0.0651 e. The molecule has 0 amide bonds. The summed E-state index contributed by atoms with van der Waals surface area (Å²) in [6.45, 7) is 53.1. The van der Waals surface area contributed by atoms with E-state index >= 15 is 0 Å². The highest BCUT2D eigenvalue weighted by Crippen LogP contribution is 2.18. The molecular weight excluding hydrogens is 769 g/mol. The SMILES string of the molecule is CCC(C)C.CCC(C)C.CCC(C)C.CCC(C)C.CCC(C)C.CCC(C)C.CCC(C)C.CCC(C)C.c1ccc(-c2ccccc2)cc1.c1ccc(-c2ccccc2)cc1. The molecule has 0 aromatic heterocycles. The van der Waals surface area contributed by atoms with E-state index in [0.717, 1.165) is 47.3 Å². The first kappa shape index (κ1) is 72.5. The molecule has 372 valence electrons. The molecule has 0 aliphatic rings. The van der Waals surface area contributed by atoms with Crippen molar-refractivity contribution >= 4 is 0 Å². The van der Waals surface area contributed by atoms with Crippen molar-refractivity contribution in [2.24, 2.45) is 47.3 Å². The topological polar surface area (TPSA) is 0 Å². The van der Waals surface area contributed by atoms with Gasteiger partial charge in [0, 0.05) is 0 Å². The van der Waals surface area contributed by atoms with Crippen molar-refractivity contribution in [3.8, 4) is 22.3 Å². The third-order valence-corrected chi connectivity index (χ3v) is 10.3. The molecule has 0 saturated carbocycles. The van der Waals surface area contributed by atoms with Gasteiger partial charge in [-0.3, -0.25) is 0 Å². The molecule has 4 aromatic carbocycles. The Balaban J connectivity index is -0.000000151. The van der Waals surface area contributed by atoms with Crippen molar-refractivity contribution in [1.29, 1.82) is 0 Å². The van der Waals surface area contributed by atoms with Gasteiger partial charge in [0.15, 0.2) is 0 Å². The van der Waals surface area contributed by atoms with E-state index < -0.39 is 0 Å². The molecule has 0 bridgehead atoms. The zero-order chi connectivity index (χ0) is 50.7. The second-order valence-electron chi connectivity index (χ2n) is 19.9. The van der Waals surface area contributed by atoms with Crippen LogP contribution in [0.5, 0.6) is 0 Å². The molecule has 4 rings (SSSR count). The highest BCUT2D eigenvalue weighted by molar-refractivity contribution is 5.63. The molecule has 64 heavy (non-hydrogen) atoms. The Morgan fingerprint density at radius 3 is 0.328 bits per heavy atom. The van der Waals surface area contributed by atoms with Crippen LogP contribution in [0.25, 0.3) is 22.3 Å². The minimum absolute atomic E-state index is 0.884. The summed E-state index contributed by atoms with van der Waals surface area (Å²) < 4.78 is 0. The van der Waals surface area contributed by atoms with E-state index in [1.165, 1.54) is 73.6 Å². The Morgan fingerprint density at radius 1 is 0.188 bits per heavy atom. The van der Waals surface area contributed by atoms with Crippen LogP contribution in [0, 0.1) is 47.3 Å². The summed E-state index contributed by atoms with van der Waals surface area (Å²) in [5.74, 6) is 7.07. The summed E-state index contributed by atoms with van der Waals surface area (Å²) in [6, 6.07) is 41.6. The van der Waals surface area contributed by atoms with Gasteiger partial charge in [0.2, 0.25) is 0 Å². The van der Waals surface area contributed by atoms with Crippen LogP contribution >= 0.6 is 0 Å². The van der Waals surface area contributed by atoms with Crippen molar-refractivity contribution in [2.45, 2.75) is 218 Å². The van der Waals surface area contributed by atoms with Crippen molar-refractivity contribution in [2.75, 3.05) is 0 Å². The average Bonchev–Trinajstić information content (AvgIpc) is 3.31. The Bertz CT molecular complexity index is 1070. The third-order valence-electron chi connectivity index (χ3n) is 10.3. The van der Waals surface area contributed by atoms with Crippen LogP contribution in [0.1, 0.15) is 218 Å². The Kier molecular flexibility index (Phi) is 63.4. The molecule has 0 spiro atoms. The van der Waals surface area contributed by atoms with Crippen LogP contribution in [0.15, 0.2) is 121 Å². The Hall–Kier alpha value is -3.12. The Labute approximate surface area is 406 Å². The standard InChI is InChI=1S/2C12H10.8C5H12/c2*1-3-7-11(8-4-1)12-9-5-2-6-10-12;8*1-4-5(2)3/h2*1-10H;8*5H,4H2,1-3H3.